The Bertz CT molecular complexity index is 939. The second-order valence-electron chi connectivity index (χ2n) is 5.63. The van der Waals surface area contributed by atoms with Crippen LogP contribution in [-0.4, -0.2) is 51.6 Å². The van der Waals surface area contributed by atoms with E-state index in [2.05, 4.69) is 20.0 Å². The van der Waals surface area contributed by atoms with E-state index in [-0.39, 0.29) is 29.4 Å². The Balaban J connectivity index is 1.57. The highest BCUT2D eigenvalue weighted by Gasteiger charge is 2.34. The monoisotopic (exact) mass is 420 g/mol. The molecular formula is C18H14F2N4O4S. The first kappa shape index (κ1) is 20.4. The number of halogens is 2. The number of thioether (sulfide) groups is 1. The summed E-state index contributed by atoms with van der Waals surface area (Å²) in [4.78, 5) is 45.3. The van der Waals surface area contributed by atoms with Gasteiger partial charge >= 0.3 is 6.61 Å². The normalized spacial score (nSPS) is 15.3. The first-order valence-electron chi connectivity index (χ1n) is 8.28. The molecule has 2 aromatic rings. The minimum atomic E-state index is -2.92. The highest BCUT2D eigenvalue weighted by molar-refractivity contribution is 8.18. The van der Waals surface area contributed by atoms with Gasteiger partial charge in [0.25, 0.3) is 17.1 Å². The molecule has 0 bridgehead atoms. The maximum Gasteiger partial charge on any atom is 0.387 e. The fraction of sp³-hybridized carbons (Fsp3) is 0.167. The molecule has 2 heterocycles. The zero-order valence-electron chi connectivity index (χ0n) is 14.7. The van der Waals surface area contributed by atoms with Gasteiger partial charge in [-0.05, 0) is 35.5 Å². The summed E-state index contributed by atoms with van der Waals surface area (Å²) in [5.74, 6) is -0.975. The van der Waals surface area contributed by atoms with Crippen LogP contribution in [0, 0.1) is 0 Å². The van der Waals surface area contributed by atoms with Gasteiger partial charge in [-0.25, -0.2) is 4.98 Å². The van der Waals surface area contributed by atoms with Gasteiger partial charge in [-0.3, -0.25) is 24.3 Å². The number of carbonyl (C=O) groups is 3. The van der Waals surface area contributed by atoms with Crippen LogP contribution in [0.2, 0.25) is 0 Å². The third-order valence-corrected chi connectivity index (χ3v) is 4.60. The number of amides is 3. The van der Waals surface area contributed by atoms with Crippen molar-refractivity contribution in [1.29, 1.82) is 0 Å². The van der Waals surface area contributed by atoms with Crippen LogP contribution >= 0.6 is 11.8 Å². The van der Waals surface area contributed by atoms with Crippen LogP contribution in [0.4, 0.5) is 13.6 Å². The number of nitrogens with zero attached hydrogens (tertiary/aromatic N) is 3. The smallest absolute Gasteiger partial charge is 0.387 e. The molecule has 3 amide bonds. The second kappa shape index (κ2) is 9.24. The van der Waals surface area contributed by atoms with Crippen molar-refractivity contribution in [3.05, 3.63) is 59.0 Å². The number of alkyl halides is 2. The summed E-state index contributed by atoms with van der Waals surface area (Å²) >= 11 is 0.759. The quantitative estimate of drug-likeness (QED) is 0.687. The molecule has 150 valence electrons. The predicted octanol–water partition coefficient (Wildman–Crippen LogP) is 2.54. The van der Waals surface area contributed by atoms with Gasteiger partial charge in [-0.15, -0.1) is 0 Å². The SMILES string of the molecule is O=C(NCCN1C(=O)S/C(=C/c2ccc(OC(F)F)cc2)C1=O)c1cnccn1. The van der Waals surface area contributed by atoms with E-state index in [9.17, 15) is 23.2 Å². The molecule has 1 aromatic carbocycles. The molecule has 29 heavy (non-hydrogen) atoms. The van der Waals surface area contributed by atoms with Crippen LogP contribution in [0.1, 0.15) is 16.1 Å². The highest BCUT2D eigenvalue weighted by Crippen LogP contribution is 2.32. The molecule has 0 unspecified atom stereocenters. The van der Waals surface area contributed by atoms with E-state index >= 15 is 0 Å². The van der Waals surface area contributed by atoms with Crippen molar-refractivity contribution in [1.82, 2.24) is 20.2 Å². The van der Waals surface area contributed by atoms with E-state index < -0.39 is 23.7 Å². The van der Waals surface area contributed by atoms with E-state index in [4.69, 9.17) is 0 Å². The standard InChI is InChI=1S/C18H14F2N4O4S/c19-17(20)28-12-3-1-11(2-4-12)9-14-16(26)24(18(27)29-14)8-7-23-15(25)13-10-21-5-6-22-13/h1-6,9-10,17H,7-8H2,(H,23,25)/b14-9+. The minimum absolute atomic E-state index is 0.00479. The first-order chi connectivity index (χ1) is 13.9. The van der Waals surface area contributed by atoms with Crippen molar-refractivity contribution in [2.75, 3.05) is 13.1 Å². The fourth-order valence-corrected chi connectivity index (χ4v) is 3.24. The first-order valence-corrected chi connectivity index (χ1v) is 9.10. The Kier molecular flexibility index (Phi) is 6.50. The number of hydrogen-bond donors (Lipinski definition) is 1. The number of carbonyl (C=O) groups excluding carboxylic acids is 3. The lowest BCUT2D eigenvalue weighted by atomic mass is 10.2. The summed E-state index contributed by atoms with van der Waals surface area (Å²) in [6.07, 6.45) is 5.59. The van der Waals surface area contributed by atoms with Crippen molar-refractivity contribution in [3.63, 3.8) is 0 Å². The average molecular weight is 420 g/mol. The van der Waals surface area contributed by atoms with Crippen molar-refractivity contribution < 1.29 is 27.9 Å². The molecule has 1 N–H and O–H groups in total. The highest BCUT2D eigenvalue weighted by atomic mass is 32.2. The zero-order valence-corrected chi connectivity index (χ0v) is 15.6. The Morgan fingerprint density at radius 1 is 1.24 bits per heavy atom. The minimum Gasteiger partial charge on any atom is -0.435 e. The molecule has 1 aromatic heterocycles. The second-order valence-corrected chi connectivity index (χ2v) is 6.62. The summed E-state index contributed by atoms with van der Waals surface area (Å²) in [7, 11) is 0. The van der Waals surface area contributed by atoms with Crippen molar-refractivity contribution in [3.8, 4) is 5.75 Å². The van der Waals surface area contributed by atoms with Crippen LogP contribution < -0.4 is 10.1 Å². The Hall–Kier alpha value is -3.34. The van der Waals surface area contributed by atoms with Crippen LogP contribution in [0.3, 0.4) is 0 Å². The average Bonchev–Trinajstić information content (AvgIpc) is 2.97. The molecule has 11 heteroatoms. The van der Waals surface area contributed by atoms with Gasteiger partial charge in [0.2, 0.25) is 0 Å². The van der Waals surface area contributed by atoms with Gasteiger partial charge < -0.3 is 10.1 Å². The molecule has 1 aliphatic rings. The molecule has 0 aliphatic carbocycles. The molecule has 3 rings (SSSR count). The summed E-state index contributed by atoms with van der Waals surface area (Å²) in [6, 6.07) is 5.66. The van der Waals surface area contributed by atoms with Crippen molar-refractivity contribution >= 4 is 34.9 Å². The zero-order chi connectivity index (χ0) is 20.8. The lowest BCUT2D eigenvalue weighted by Crippen LogP contribution is -2.37. The molecule has 1 aliphatic heterocycles. The van der Waals surface area contributed by atoms with Crippen molar-refractivity contribution in [2.24, 2.45) is 0 Å². The van der Waals surface area contributed by atoms with Gasteiger partial charge in [0, 0.05) is 25.5 Å². The van der Waals surface area contributed by atoms with Crippen LogP contribution in [0.25, 0.3) is 6.08 Å². The lowest BCUT2D eigenvalue weighted by molar-refractivity contribution is -0.122. The molecule has 0 radical (unpaired) electrons. The summed E-state index contributed by atoms with van der Waals surface area (Å²) in [6.45, 7) is -2.87. The number of benzene rings is 1. The Morgan fingerprint density at radius 3 is 2.66 bits per heavy atom. The number of imide groups is 1. The molecule has 0 atom stereocenters. The van der Waals surface area contributed by atoms with Gasteiger partial charge in [0.05, 0.1) is 11.1 Å². The van der Waals surface area contributed by atoms with E-state index in [1.165, 1.54) is 48.9 Å². The maximum atomic E-state index is 12.4. The number of aromatic nitrogens is 2. The van der Waals surface area contributed by atoms with E-state index in [0.29, 0.717) is 5.56 Å². The molecule has 0 spiro atoms. The van der Waals surface area contributed by atoms with E-state index in [1.54, 1.807) is 0 Å². The predicted molar refractivity (Wildman–Crippen MR) is 100 cm³/mol. The maximum absolute atomic E-state index is 12.4. The fourth-order valence-electron chi connectivity index (χ4n) is 2.38. The number of nitrogens with one attached hydrogen (secondary N) is 1. The van der Waals surface area contributed by atoms with Gasteiger partial charge in [-0.1, -0.05) is 12.1 Å². The van der Waals surface area contributed by atoms with E-state index in [1.807, 2.05) is 0 Å². The van der Waals surface area contributed by atoms with Gasteiger partial charge in [-0.2, -0.15) is 8.78 Å². The molecule has 1 fully saturated rings. The Morgan fingerprint density at radius 2 is 2.00 bits per heavy atom. The van der Waals surface area contributed by atoms with Crippen LogP contribution in [0.5, 0.6) is 5.75 Å². The molecule has 1 saturated heterocycles. The van der Waals surface area contributed by atoms with Crippen LogP contribution in [0.15, 0.2) is 47.8 Å². The third kappa shape index (κ3) is 5.35. The van der Waals surface area contributed by atoms with Crippen molar-refractivity contribution in [2.45, 2.75) is 6.61 Å². The Labute approximate surface area is 168 Å². The topological polar surface area (TPSA) is 101 Å². The number of ether oxygens (including phenoxy) is 1. The molecular weight excluding hydrogens is 406 g/mol. The number of rotatable bonds is 7. The van der Waals surface area contributed by atoms with Gasteiger partial charge in [0.15, 0.2) is 0 Å². The van der Waals surface area contributed by atoms with Crippen LogP contribution in [-0.2, 0) is 4.79 Å². The number of hydrogen-bond acceptors (Lipinski definition) is 7. The van der Waals surface area contributed by atoms with E-state index in [0.717, 1.165) is 16.7 Å². The third-order valence-electron chi connectivity index (χ3n) is 3.69. The van der Waals surface area contributed by atoms with Gasteiger partial charge in [0.1, 0.15) is 11.4 Å². The summed E-state index contributed by atoms with van der Waals surface area (Å²) < 4.78 is 28.6. The largest absolute Gasteiger partial charge is 0.435 e. The molecule has 0 saturated carbocycles. The molecule has 8 nitrogen and oxygen atoms in total. The summed E-state index contributed by atoms with van der Waals surface area (Å²) in [5.41, 5.74) is 0.675. The lowest BCUT2D eigenvalue weighted by Gasteiger charge is -2.12. The summed E-state index contributed by atoms with van der Waals surface area (Å²) in [5, 5.41) is 2.10.